The number of hydrogen-bond donors (Lipinski definition) is 3. The molecule has 1 aromatic rings. The van der Waals surface area contributed by atoms with Gasteiger partial charge in [0.05, 0.1) is 6.54 Å². The van der Waals surface area contributed by atoms with E-state index in [0.717, 1.165) is 30.5 Å². The number of ether oxygens (including phenoxy) is 1. The fourth-order valence-corrected chi connectivity index (χ4v) is 3.19. The number of aliphatic imine (C=N–C) groups is 1. The monoisotopic (exact) mass is 375 g/mol. The van der Waals surface area contributed by atoms with Crippen LogP contribution in [0.3, 0.4) is 0 Å². The molecule has 2 rings (SSSR count). The van der Waals surface area contributed by atoms with Crippen LogP contribution >= 0.6 is 0 Å². The fourth-order valence-electron chi connectivity index (χ4n) is 3.19. The molecule has 27 heavy (non-hydrogen) atoms. The predicted molar refractivity (Wildman–Crippen MR) is 110 cm³/mol. The van der Waals surface area contributed by atoms with Gasteiger partial charge in [-0.15, -0.1) is 0 Å². The van der Waals surface area contributed by atoms with Crippen molar-refractivity contribution < 1.29 is 9.53 Å². The lowest BCUT2D eigenvalue weighted by Crippen LogP contribution is -2.47. The number of amides is 1. The van der Waals surface area contributed by atoms with E-state index in [1.807, 2.05) is 24.3 Å². The molecule has 1 amide bonds. The van der Waals surface area contributed by atoms with Crippen molar-refractivity contribution in [2.45, 2.75) is 39.8 Å². The van der Waals surface area contributed by atoms with Gasteiger partial charge in [-0.05, 0) is 31.9 Å². The van der Waals surface area contributed by atoms with Gasteiger partial charge >= 0.3 is 0 Å². The van der Waals surface area contributed by atoms with Gasteiger partial charge in [0.25, 0.3) is 0 Å². The van der Waals surface area contributed by atoms with E-state index in [1.165, 1.54) is 6.92 Å². The Morgan fingerprint density at radius 1 is 1.37 bits per heavy atom. The highest BCUT2D eigenvalue weighted by molar-refractivity contribution is 5.88. The van der Waals surface area contributed by atoms with Gasteiger partial charge in [-0.2, -0.15) is 0 Å². The highest BCUT2D eigenvalue weighted by atomic mass is 16.5. The van der Waals surface area contributed by atoms with Gasteiger partial charge in [0.1, 0.15) is 12.4 Å². The Morgan fingerprint density at radius 2 is 2.15 bits per heavy atom. The second kappa shape index (κ2) is 10.2. The summed E-state index contributed by atoms with van der Waals surface area (Å²) in [6.07, 6.45) is 0. The number of hydrogen-bond acceptors (Lipinski definition) is 4. The van der Waals surface area contributed by atoms with Gasteiger partial charge < -0.3 is 20.7 Å². The molecule has 1 aliphatic heterocycles. The molecule has 7 nitrogen and oxygen atoms in total. The lowest BCUT2D eigenvalue weighted by atomic mass is 10.1. The zero-order valence-electron chi connectivity index (χ0n) is 17.1. The van der Waals surface area contributed by atoms with Crippen LogP contribution < -0.4 is 20.7 Å². The highest BCUT2D eigenvalue weighted by Gasteiger charge is 2.31. The predicted octanol–water partition coefficient (Wildman–Crippen LogP) is 1.92. The van der Waals surface area contributed by atoms with Crippen molar-refractivity contribution in [1.29, 1.82) is 0 Å². The molecule has 3 N–H and O–H groups in total. The normalized spacial score (nSPS) is 20.6. The van der Waals surface area contributed by atoms with Crippen molar-refractivity contribution in [1.82, 2.24) is 15.5 Å². The first kappa shape index (κ1) is 21.0. The molecule has 0 spiro atoms. The van der Waals surface area contributed by atoms with Crippen LogP contribution in [-0.2, 0) is 4.79 Å². The Morgan fingerprint density at radius 3 is 2.78 bits per heavy atom. The molecule has 0 aliphatic carbocycles. The second-order valence-electron chi connectivity index (χ2n) is 7.33. The van der Waals surface area contributed by atoms with Gasteiger partial charge in [-0.1, -0.05) is 13.0 Å². The largest absolute Gasteiger partial charge is 0.492 e. The van der Waals surface area contributed by atoms with E-state index in [0.29, 0.717) is 31.2 Å². The van der Waals surface area contributed by atoms with Crippen LogP contribution in [0.15, 0.2) is 29.3 Å². The minimum absolute atomic E-state index is 0.0964. The molecule has 1 heterocycles. The van der Waals surface area contributed by atoms with Crippen LogP contribution in [0.1, 0.15) is 27.7 Å². The molecule has 1 aliphatic rings. The topological polar surface area (TPSA) is 78.0 Å². The summed E-state index contributed by atoms with van der Waals surface area (Å²) in [4.78, 5) is 17.9. The Labute approximate surface area is 162 Å². The van der Waals surface area contributed by atoms with Gasteiger partial charge in [0, 0.05) is 50.9 Å². The van der Waals surface area contributed by atoms with Crippen molar-refractivity contribution in [3.63, 3.8) is 0 Å². The number of rotatable bonds is 7. The number of carbonyl (C=O) groups is 1. The number of likely N-dealkylation sites (tertiary alicyclic amines) is 1. The van der Waals surface area contributed by atoms with Gasteiger partial charge in [0.2, 0.25) is 5.91 Å². The maximum atomic E-state index is 11.1. The zero-order valence-corrected chi connectivity index (χ0v) is 17.1. The van der Waals surface area contributed by atoms with Crippen molar-refractivity contribution in [3.05, 3.63) is 24.3 Å². The molecule has 0 radical (unpaired) electrons. The summed E-state index contributed by atoms with van der Waals surface area (Å²) in [5.74, 6) is 2.01. The standard InChI is InChI=1S/C20H33N5O2/c1-14(2)25-12-15(3)19(13-25)24-20(21-5)22-9-10-27-18-8-6-7-17(11-18)23-16(4)26/h6-8,11,14-15,19H,9-10,12-13H2,1-5H3,(H,23,26)(H2,21,22,24). The first-order chi connectivity index (χ1) is 12.9. The molecule has 2 atom stereocenters. The number of anilines is 1. The SMILES string of the molecule is CN=C(NCCOc1cccc(NC(C)=O)c1)NC1CN(C(C)C)CC1C. The van der Waals surface area contributed by atoms with Crippen LogP contribution in [0.25, 0.3) is 0 Å². The van der Waals surface area contributed by atoms with Crippen LogP contribution in [0, 0.1) is 5.92 Å². The minimum atomic E-state index is -0.0964. The van der Waals surface area contributed by atoms with E-state index in [2.05, 4.69) is 46.6 Å². The molecule has 7 heteroatoms. The molecular weight excluding hydrogens is 342 g/mol. The summed E-state index contributed by atoms with van der Waals surface area (Å²) >= 11 is 0. The first-order valence-corrected chi connectivity index (χ1v) is 9.60. The second-order valence-corrected chi connectivity index (χ2v) is 7.33. The van der Waals surface area contributed by atoms with Crippen LogP contribution in [0.2, 0.25) is 0 Å². The van der Waals surface area contributed by atoms with Crippen LogP contribution in [0.4, 0.5) is 5.69 Å². The third-order valence-corrected chi connectivity index (χ3v) is 4.73. The third kappa shape index (κ3) is 6.75. The Kier molecular flexibility index (Phi) is 7.91. The van der Waals surface area contributed by atoms with Crippen molar-refractivity contribution in [2.75, 3.05) is 38.6 Å². The van der Waals surface area contributed by atoms with Gasteiger partial charge in [0.15, 0.2) is 5.96 Å². The van der Waals surface area contributed by atoms with E-state index in [-0.39, 0.29) is 5.91 Å². The van der Waals surface area contributed by atoms with Crippen molar-refractivity contribution >= 4 is 17.6 Å². The first-order valence-electron chi connectivity index (χ1n) is 9.60. The number of carbonyl (C=O) groups excluding carboxylic acids is 1. The number of nitrogens with zero attached hydrogens (tertiary/aromatic N) is 2. The van der Waals surface area contributed by atoms with Crippen LogP contribution in [-0.4, -0.2) is 62.1 Å². The minimum Gasteiger partial charge on any atom is -0.492 e. The van der Waals surface area contributed by atoms with E-state index < -0.39 is 0 Å². The summed E-state index contributed by atoms with van der Waals surface area (Å²) in [5, 5.41) is 9.58. The van der Waals surface area contributed by atoms with Gasteiger partial charge in [-0.25, -0.2) is 0 Å². The van der Waals surface area contributed by atoms with E-state index in [4.69, 9.17) is 4.74 Å². The molecular formula is C20H33N5O2. The molecule has 0 aromatic heterocycles. The number of guanidine groups is 1. The average molecular weight is 376 g/mol. The lowest BCUT2D eigenvalue weighted by Gasteiger charge is -2.22. The molecule has 0 bridgehead atoms. The molecule has 1 aromatic carbocycles. The Bertz CT molecular complexity index is 647. The molecule has 150 valence electrons. The van der Waals surface area contributed by atoms with E-state index >= 15 is 0 Å². The quantitative estimate of drug-likeness (QED) is 0.386. The maximum Gasteiger partial charge on any atom is 0.221 e. The molecule has 2 unspecified atom stereocenters. The smallest absolute Gasteiger partial charge is 0.221 e. The molecule has 1 fully saturated rings. The maximum absolute atomic E-state index is 11.1. The Hall–Kier alpha value is -2.28. The van der Waals surface area contributed by atoms with Crippen molar-refractivity contribution in [2.24, 2.45) is 10.9 Å². The van der Waals surface area contributed by atoms with E-state index in [9.17, 15) is 4.79 Å². The summed E-state index contributed by atoms with van der Waals surface area (Å²) in [5.41, 5.74) is 0.732. The fraction of sp³-hybridized carbons (Fsp3) is 0.600. The average Bonchev–Trinajstić information content (AvgIpc) is 2.98. The zero-order chi connectivity index (χ0) is 19.8. The van der Waals surface area contributed by atoms with Crippen LogP contribution in [0.5, 0.6) is 5.75 Å². The summed E-state index contributed by atoms with van der Waals surface area (Å²) in [6.45, 7) is 11.5. The molecule has 1 saturated heterocycles. The number of benzene rings is 1. The number of nitrogens with one attached hydrogen (secondary N) is 3. The third-order valence-electron chi connectivity index (χ3n) is 4.73. The van der Waals surface area contributed by atoms with Crippen molar-refractivity contribution in [3.8, 4) is 5.75 Å². The van der Waals surface area contributed by atoms with Gasteiger partial charge in [-0.3, -0.25) is 14.7 Å². The Balaban J connectivity index is 1.75. The summed E-state index contributed by atoms with van der Waals surface area (Å²) in [7, 11) is 1.78. The highest BCUT2D eigenvalue weighted by Crippen LogP contribution is 2.19. The van der Waals surface area contributed by atoms with E-state index in [1.54, 1.807) is 7.05 Å². The lowest BCUT2D eigenvalue weighted by molar-refractivity contribution is -0.114. The summed E-state index contributed by atoms with van der Waals surface area (Å²) < 4.78 is 5.76. The summed E-state index contributed by atoms with van der Waals surface area (Å²) in [6, 6.07) is 8.34. The molecule has 0 saturated carbocycles.